The summed E-state index contributed by atoms with van der Waals surface area (Å²) in [5.74, 6) is 0.851. The lowest BCUT2D eigenvalue weighted by atomic mass is 9.92. The quantitative estimate of drug-likeness (QED) is 0.636. The fraction of sp³-hybridized carbons (Fsp3) is 0.381. The fourth-order valence-corrected chi connectivity index (χ4v) is 4.48. The van der Waals surface area contributed by atoms with Crippen molar-refractivity contribution in [2.24, 2.45) is 0 Å². The molecule has 1 amide bonds. The summed E-state index contributed by atoms with van der Waals surface area (Å²) >= 11 is 1.47. The predicted octanol–water partition coefficient (Wildman–Crippen LogP) is 4.82. The third-order valence-electron chi connectivity index (χ3n) is 5.52. The minimum Gasteiger partial charge on any atom is -0.430 e. The molecular formula is C21H22N4O2S. The van der Waals surface area contributed by atoms with Gasteiger partial charge in [0.2, 0.25) is 5.91 Å². The molecule has 28 heavy (non-hydrogen) atoms. The molecule has 2 aliphatic rings. The van der Waals surface area contributed by atoms with Gasteiger partial charge in [0.25, 0.3) is 5.19 Å². The van der Waals surface area contributed by atoms with Crippen LogP contribution < -0.4 is 9.64 Å². The lowest BCUT2D eigenvalue weighted by Crippen LogP contribution is -2.40. The second-order valence-electron chi connectivity index (χ2n) is 7.56. The zero-order valence-electron chi connectivity index (χ0n) is 16.0. The van der Waals surface area contributed by atoms with Crippen LogP contribution in [0.5, 0.6) is 10.9 Å². The van der Waals surface area contributed by atoms with Crippen molar-refractivity contribution in [3.63, 3.8) is 0 Å². The summed E-state index contributed by atoms with van der Waals surface area (Å²) in [6.45, 7) is 3.72. The Hall–Kier alpha value is -2.67. The molecule has 3 heterocycles. The largest absolute Gasteiger partial charge is 0.430 e. The summed E-state index contributed by atoms with van der Waals surface area (Å²) in [7, 11) is 0. The van der Waals surface area contributed by atoms with Gasteiger partial charge in [0.15, 0.2) is 0 Å². The van der Waals surface area contributed by atoms with Gasteiger partial charge in [0, 0.05) is 47.4 Å². The normalized spacial score (nSPS) is 18.8. The molecule has 6 nitrogen and oxygen atoms in total. The number of rotatable bonds is 4. The molecule has 0 radical (unpaired) electrons. The average Bonchev–Trinajstić information content (AvgIpc) is 3.18. The van der Waals surface area contributed by atoms with E-state index < -0.39 is 0 Å². The first-order chi connectivity index (χ1) is 13.6. The molecule has 2 aromatic heterocycles. The molecule has 3 aromatic rings. The molecule has 1 fully saturated rings. The van der Waals surface area contributed by atoms with Crippen LogP contribution in [0.15, 0.2) is 36.1 Å². The molecule has 144 valence electrons. The highest BCUT2D eigenvalue weighted by Crippen LogP contribution is 2.45. The van der Waals surface area contributed by atoms with E-state index in [1.54, 1.807) is 13.1 Å². The lowest BCUT2D eigenvalue weighted by Gasteiger charge is -2.35. The van der Waals surface area contributed by atoms with Gasteiger partial charge in [-0.15, -0.1) is 0 Å². The highest BCUT2D eigenvalue weighted by atomic mass is 32.1. The maximum Gasteiger partial charge on any atom is 0.278 e. The minimum atomic E-state index is 0.0583. The van der Waals surface area contributed by atoms with Crippen LogP contribution in [0.25, 0.3) is 11.1 Å². The summed E-state index contributed by atoms with van der Waals surface area (Å²) in [6.07, 6.45) is 9.91. The van der Waals surface area contributed by atoms with Gasteiger partial charge in [0.1, 0.15) is 5.75 Å². The molecule has 0 saturated heterocycles. The number of benzene rings is 1. The van der Waals surface area contributed by atoms with E-state index in [9.17, 15) is 4.79 Å². The summed E-state index contributed by atoms with van der Waals surface area (Å²) in [4.78, 5) is 18.5. The zero-order valence-corrected chi connectivity index (χ0v) is 16.8. The lowest BCUT2D eigenvalue weighted by molar-refractivity contribution is -0.117. The first-order valence-electron chi connectivity index (χ1n) is 9.69. The molecular weight excluding hydrogens is 372 g/mol. The van der Waals surface area contributed by atoms with Crippen LogP contribution >= 0.6 is 11.3 Å². The number of amides is 1. The van der Waals surface area contributed by atoms with E-state index in [0.29, 0.717) is 11.2 Å². The van der Waals surface area contributed by atoms with E-state index in [2.05, 4.69) is 23.2 Å². The molecule has 0 N–H and O–H groups in total. The van der Waals surface area contributed by atoms with Crippen LogP contribution in [0.3, 0.4) is 0 Å². The van der Waals surface area contributed by atoms with E-state index in [1.165, 1.54) is 24.2 Å². The van der Waals surface area contributed by atoms with Gasteiger partial charge < -0.3 is 9.64 Å². The molecule has 7 heteroatoms. The average molecular weight is 395 g/mol. The van der Waals surface area contributed by atoms with E-state index >= 15 is 0 Å². The molecule has 0 spiro atoms. The second-order valence-corrected chi connectivity index (χ2v) is 8.41. The Bertz CT molecular complexity index is 1020. The van der Waals surface area contributed by atoms with Crippen molar-refractivity contribution in [2.45, 2.75) is 51.6 Å². The SMILES string of the molecule is CC(=O)N1c2ccc(-c3cnn(C4CC4)c3)c(Oc3nccs3)c2CC[C@@H]1C. The third-order valence-corrected chi connectivity index (χ3v) is 6.17. The molecule has 1 aromatic carbocycles. The van der Waals surface area contributed by atoms with E-state index in [-0.39, 0.29) is 11.9 Å². The van der Waals surface area contributed by atoms with Crippen LogP contribution in [0.4, 0.5) is 5.69 Å². The summed E-state index contributed by atoms with van der Waals surface area (Å²) in [5.41, 5.74) is 4.05. The standard InChI is InChI=1S/C21H22N4O2S/c1-13-3-6-18-19(25(13)14(2)26)8-7-17(20(18)27-21-22-9-10-28-21)15-11-23-24(12-15)16-4-5-16/h7-13,16H,3-6H2,1-2H3/t13-/m0/s1. The molecule has 0 unspecified atom stereocenters. The number of hydrogen-bond acceptors (Lipinski definition) is 5. The Morgan fingerprint density at radius 2 is 2.14 bits per heavy atom. The number of aromatic nitrogens is 3. The first-order valence-corrected chi connectivity index (χ1v) is 10.6. The van der Waals surface area contributed by atoms with Crippen LogP contribution in [-0.2, 0) is 11.2 Å². The molecule has 1 aliphatic heterocycles. The summed E-state index contributed by atoms with van der Waals surface area (Å²) in [5, 5.41) is 7.05. The van der Waals surface area contributed by atoms with Crippen molar-refractivity contribution in [3.8, 4) is 22.1 Å². The predicted molar refractivity (Wildman–Crippen MR) is 109 cm³/mol. The van der Waals surface area contributed by atoms with Gasteiger partial charge in [-0.25, -0.2) is 4.98 Å². The number of nitrogens with zero attached hydrogens (tertiary/aromatic N) is 4. The Kier molecular flexibility index (Phi) is 4.19. The van der Waals surface area contributed by atoms with Gasteiger partial charge in [-0.3, -0.25) is 9.48 Å². The van der Waals surface area contributed by atoms with Gasteiger partial charge >= 0.3 is 0 Å². The van der Waals surface area contributed by atoms with Crippen LogP contribution in [0, 0.1) is 0 Å². The highest BCUT2D eigenvalue weighted by Gasteiger charge is 2.31. The topological polar surface area (TPSA) is 60.2 Å². The fourth-order valence-electron chi connectivity index (χ4n) is 3.99. The highest BCUT2D eigenvalue weighted by molar-refractivity contribution is 7.11. The Morgan fingerprint density at radius 1 is 1.29 bits per heavy atom. The summed E-state index contributed by atoms with van der Waals surface area (Å²) in [6, 6.07) is 4.81. The molecule has 1 saturated carbocycles. The Morgan fingerprint density at radius 3 is 2.86 bits per heavy atom. The Balaban J connectivity index is 1.65. The number of anilines is 1. The van der Waals surface area contributed by atoms with Gasteiger partial charge in [-0.05, 0) is 44.7 Å². The first kappa shape index (κ1) is 17.4. The second kappa shape index (κ2) is 6.74. The summed E-state index contributed by atoms with van der Waals surface area (Å²) < 4.78 is 8.33. The number of carbonyl (C=O) groups excluding carboxylic acids is 1. The third kappa shape index (κ3) is 2.99. The zero-order chi connectivity index (χ0) is 19.3. The van der Waals surface area contributed by atoms with Crippen LogP contribution in [0.1, 0.15) is 44.7 Å². The van der Waals surface area contributed by atoms with Crippen LogP contribution in [0.2, 0.25) is 0 Å². The molecule has 1 atom stereocenters. The van der Waals surface area contributed by atoms with E-state index in [0.717, 1.165) is 41.0 Å². The van der Waals surface area contributed by atoms with Crippen LogP contribution in [-0.4, -0.2) is 26.7 Å². The van der Waals surface area contributed by atoms with Crippen molar-refractivity contribution >= 4 is 22.9 Å². The van der Waals surface area contributed by atoms with Crippen molar-refractivity contribution in [2.75, 3.05) is 4.90 Å². The molecule has 0 bridgehead atoms. The maximum absolute atomic E-state index is 12.3. The van der Waals surface area contributed by atoms with Crippen molar-refractivity contribution in [1.82, 2.24) is 14.8 Å². The van der Waals surface area contributed by atoms with Gasteiger partial charge in [-0.1, -0.05) is 11.3 Å². The number of thiazole rings is 1. The van der Waals surface area contributed by atoms with Crippen molar-refractivity contribution < 1.29 is 9.53 Å². The molecule has 5 rings (SSSR count). The monoisotopic (exact) mass is 394 g/mol. The van der Waals surface area contributed by atoms with Crippen molar-refractivity contribution in [1.29, 1.82) is 0 Å². The van der Waals surface area contributed by atoms with E-state index in [4.69, 9.17) is 4.74 Å². The number of carbonyl (C=O) groups is 1. The van der Waals surface area contributed by atoms with Crippen molar-refractivity contribution in [3.05, 3.63) is 41.7 Å². The van der Waals surface area contributed by atoms with E-state index in [1.807, 2.05) is 33.3 Å². The molecule has 1 aliphatic carbocycles. The maximum atomic E-state index is 12.3. The smallest absolute Gasteiger partial charge is 0.278 e. The number of ether oxygens (including phenoxy) is 1. The Labute approximate surface area is 167 Å². The minimum absolute atomic E-state index is 0.0583. The number of hydrogen-bond donors (Lipinski definition) is 0. The van der Waals surface area contributed by atoms with Gasteiger partial charge in [-0.2, -0.15) is 5.10 Å². The van der Waals surface area contributed by atoms with Gasteiger partial charge in [0.05, 0.1) is 17.9 Å². The number of fused-ring (bicyclic) bond motifs is 1.